The molecule has 1 saturated carbocycles. The first-order valence-electron chi connectivity index (χ1n) is 11.9. The number of para-hydroxylation sites is 1. The summed E-state index contributed by atoms with van der Waals surface area (Å²) in [5, 5.41) is 5.35. The first kappa shape index (κ1) is 22.9. The number of nitrogens with one attached hydrogen (secondary N) is 2. The van der Waals surface area contributed by atoms with Gasteiger partial charge in [-0.1, -0.05) is 43.4 Å². The average Bonchev–Trinajstić information content (AvgIpc) is 3.28. The summed E-state index contributed by atoms with van der Waals surface area (Å²) in [6.45, 7) is 6.15. The number of aromatic amines is 1. The molecule has 1 fully saturated rings. The largest absolute Gasteiger partial charge is 0.464 e. The lowest BCUT2D eigenvalue weighted by molar-refractivity contribution is -0.148. The van der Waals surface area contributed by atoms with Crippen LogP contribution in [-0.2, 0) is 22.5 Å². The molecular formula is C25H31N5O3S. The van der Waals surface area contributed by atoms with Crippen LogP contribution in [0.2, 0.25) is 0 Å². The minimum absolute atomic E-state index is 0.0168. The molecule has 1 amide bonds. The van der Waals surface area contributed by atoms with Gasteiger partial charge in [0.25, 0.3) is 5.91 Å². The Morgan fingerprint density at radius 1 is 1.32 bits per heavy atom. The average molecular weight is 482 g/mol. The Morgan fingerprint density at radius 2 is 2.12 bits per heavy atom. The van der Waals surface area contributed by atoms with Crippen LogP contribution in [-0.4, -0.2) is 52.5 Å². The van der Waals surface area contributed by atoms with E-state index in [4.69, 9.17) is 15.5 Å². The molecule has 0 unspecified atom stereocenters. The summed E-state index contributed by atoms with van der Waals surface area (Å²) in [6, 6.07) is 9.26. The minimum Gasteiger partial charge on any atom is -0.464 e. The number of H-pyrrole nitrogens is 1. The monoisotopic (exact) mass is 481 g/mol. The molecule has 0 bridgehead atoms. The molecule has 2 aliphatic rings. The number of anilines is 1. The third-order valence-corrected chi connectivity index (χ3v) is 7.90. The maximum absolute atomic E-state index is 13.1. The van der Waals surface area contributed by atoms with E-state index in [9.17, 15) is 9.59 Å². The highest BCUT2D eigenvalue weighted by molar-refractivity contribution is 7.15. The zero-order valence-electron chi connectivity index (χ0n) is 19.6. The lowest BCUT2D eigenvalue weighted by atomic mass is 10.1. The van der Waals surface area contributed by atoms with Crippen LogP contribution in [0.15, 0.2) is 30.3 Å². The number of rotatable bonds is 8. The molecule has 1 aromatic carbocycles. The first-order valence-corrected chi connectivity index (χ1v) is 12.7. The van der Waals surface area contributed by atoms with Crippen LogP contribution in [0, 0.1) is 11.3 Å². The Hall–Kier alpha value is -2.91. The number of benzene rings is 1. The molecular weight excluding hydrogens is 450 g/mol. The molecule has 34 heavy (non-hydrogen) atoms. The molecule has 3 heterocycles. The second-order valence-corrected chi connectivity index (χ2v) is 11.0. The molecule has 5 rings (SSSR count). The topological polar surface area (TPSA) is 113 Å². The highest BCUT2D eigenvalue weighted by Crippen LogP contribution is 2.46. The summed E-state index contributed by atoms with van der Waals surface area (Å²) in [7, 11) is 0. The molecule has 1 aliphatic carbocycles. The van der Waals surface area contributed by atoms with E-state index in [-0.39, 0.29) is 23.2 Å². The van der Waals surface area contributed by atoms with Gasteiger partial charge in [-0.2, -0.15) is 0 Å². The number of nitrogens with two attached hydrogens (primary N) is 1. The Bertz CT molecular complexity index is 1180. The van der Waals surface area contributed by atoms with Gasteiger partial charge in [-0.05, 0) is 30.9 Å². The normalized spacial score (nSPS) is 17.5. The van der Waals surface area contributed by atoms with Crippen LogP contribution >= 0.6 is 11.3 Å². The van der Waals surface area contributed by atoms with E-state index in [2.05, 4.69) is 10.3 Å². The van der Waals surface area contributed by atoms with E-state index in [1.54, 1.807) is 11.3 Å². The second-order valence-electron chi connectivity index (χ2n) is 9.87. The number of fused-ring (bicyclic) bond motifs is 2. The fraction of sp³-hybridized carbons (Fsp3) is 0.480. The fourth-order valence-electron chi connectivity index (χ4n) is 4.21. The van der Waals surface area contributed by atoms with Gasteiger partial charge in [-0.25, -0.2) is 4.98 Å². The Balaban J connectivity index is 1.17. The SMILES string of the molecule is CC(C)[C@H](N)C(=O)OCC1(CNc2nc3c(s2)CN(C(=O)c2cc4ccccc4[nH]2)CC3)CC1. The number of aromatic nitrogens is 2. The smallest absolute Gasteiger partial charge is 0.323 e. The molecule has 0 saturated heterocycles. The zero-order chi connectivity index (χ0) is 23.9. The predicted octanol–water partition coefficient (Wildman–Crippen LogP) is 3.54. The van der Waals surface area contributed by atoms with Gasteiger partial charge in [0.15, 0.2) is 5.13 Å². The maximum Gasteiger partial charge on any atom is 0.323 e. The summed E-state index contributed by atoms with van der Waals surface area (Å²) in [5.41, 5.74) is 8.51. The summed E-state index contributed by atoms with van der Waals surface area (Å²) >= 11 is 1.60. The third-order valence-electron chi connectivity index (χ3n) is 6.86. The predicted molar refractivity (Wildman–Crippen MR) is 133 cm³/mol. The Labute approximate surface area is 202 Å². The van der Waals surface area contributed by atoms with Gasteiger partial charge in [-0.15, -0.1) is 0 Å². The number of carbonyl (C=O) groups is 2. The van der Waals surface area contributed by atoms with Crippen molar-refractivity contribution >= 4 is 39.2 Å². The molecule has 0 spiro atoms. The van der Waals surface area contributed by atoms with E-state index in [1.807, 2.05) is 49.1 Å². The van der Waals surface area contributed by atoms with Gasteiger partial charge < -0.3 is 25.7 Å². The van der Waals surface area contributed by atoms with E-state index < -0.39 is 6.04 Å². The number of nitrogens with zero attached hydrogens (tertiary/aromatic N) is 2. The van der Waals surface area contributed by atoms with Crippen molar-refractivity contribution in [2.45, 2.75) is 45.7 Å². The highest BCUT2D eigenvalue weighted by Gasteiger charge is 2.44. The van der Waals surface area contributed by atoms with Crippen LogP contribution in [0.5, 0.6) is 0 Å². The van der Waals surface area contributed by atoms with E-state index in [0.717, 1.165) is 45.9 Å². The number of ether oxygens (including phenoxy) is 1. The molecule has 180 valence electrons. The highest BCUT2D eigenvalue weighted by atomic mass is 32.1. The number of amides is 1. The van der Waals surface area contributed by atoms with Crippen LogP contribution in [0.3, 0.4) is 0 Å². The first-order chi connectivity index (χ1) is 16.3. The lowest BCUT2D eigenvalue weighted by Crippen LogP contribution is -2.38. The van der Waals surface area contributed by atoms with Crippen molar-refractivity contribution in [1.29, 1.82) is 0 Å². The molecule has 2 aromatic heterocycles. The molecule has 0 radical (unpaired) electrons. The van der Waals surface area contributed by atoms with Crippen molar-refractivity contribution in [3.05, 3.63) is 46.6 Å². The number of esters is 1. The van der Waals surface area contributed by atoms with Gasteiger partial charge >= 0.3 is 5.97 Å². The summed E-state index contributed by atoms with van der Waals surface area (Å²) in [5.74, 6) is -0.251. The number of hydrogen-bond donors (Lipinski definition) is 3. The van der Waals surface area contributed by atoms with Gasteiger partial charge in [0.2, 0.25) is 0 Å². The zero-order valence-corrected chi connectivity index (χ0v) is 20.4. The minimum atomic E-state index is -0.579. The second kappa shape index (κ2) is 9.03. The number of carbonyl (C=O) groups excluding carboxylic acids is 2. The van der Waals surface area contributed by atoms with Gasteiger partial charge in [0.1, 0.15) is 11.7 Å². The van der Waals surface area contributed by atoms with Crippen molar-refractivity contribution < 1.29 is 14.3 Å². The molecule has 1 aliphatic heterocycles. The van der Waals surface area contributed by atoms with Crippen molar-refractivity contribution in [2.75, 3.05) is 25.0 Å². The van der Waals surface area contributed by atoms with Gasteiger partial charge in [-0.3, -0.25) is 9.59 Å². The van der Waals surface area contributed by atoms with Crippen LogP contribution in [0.4, 0.5) is 5.13 Å². The molecule has 1 atom stereocenters. The third kappa shape index (κ3) is 4.67. The van der Waals surface area contributed by atoms with Crippen molar-refractivity contribution in [3.63, 3.8) is 0 Å². The lowest BCUT2D eigenvalue weighted by Gasteiger charge is -2.25. The quantitative estimate of drug-likeness (QED) is 0.424. The molecule has 3 aromatic rings. The standard InChI is InChI=1S/C25H31N5O3S/c1-15(2)21(26)23(32)33-14-25(8-9-25)13-27-24-29-18-7-10-30(12-20(18)34-24)22(31)19-11-16-5-3-4-6-17(16)28-19/h3-6,11,15,21,28H,7-10,12-14,26H2,1-2H3,(H,27,29)/t21-/m0/s1. The van der Waals surface area contributed by atoms with Crippen LogP contribution in [0.1, 0.15) is 47.7 Å². The van der Waals surface area contributed by atoms with Crippen molar-refractivity contribution in [2.24, 2.45) is 17.1 Å². The maximum atomic E-state index is 13.1. The summed E-state index contributed by atoms with van der Waals surface area (Å²) in [6.07, 6.45) is 2.78. The van der Waals surface area contributed by atoms with Crippen molar-refractivity contribution in [3.8, 4) is 0 Å². The molecule has 4 N–H and O–H groups in total. The van der Waals surface area contributed by atoms with Gasteiger partial charge in [0.05, 0.1) is 18.8 Å². The summed E-state index contributed by atoms with van der Waals surface area (Å²) in [4.78, 5) is 36.2. The molecule has 8 nitrogen and oxygen atoms in total. The van der Waals surface area contributed by atoms with Crippen LogP contribution < -0.4 is 11.1 Å². The van der Waals surface area contributed by atoms with Gasteiger partial charge in [0, 0.05) is 40.7 Å². The number of hydrogen-bond acceptors (Lipinski definition) is 7. The molecule has 9 heteroatoms. The van der Waals surface area contributed by atoms with E-state index in [0.29, 0.717) is 31.9 Å². The Kier molecular flexibility index (Phi) is 6.07. The van der Waals surface area contributed by atoms with Crippen LogP contribution in [0.25, 0.3) is 10.9 Å². The van der Waals surface area contributed by atoms with E-state index in [1.165, 1.54) is 0 Å². The number of thiazole rings is 1. The Morgan fingerprint density at radius 3 is 2.85 bits per heavy atom. The fourth-order valence-corrected chi connectivity index (χ4v) is 5.23. The van der Waals surface area contributed by atoms with Crippen molar-refractivity contribution in [1.82, 2.24) is 14.9 Å². The van der Waals surface area contributed by atoms with E-state index >= 15 is 0 Å². The summed E-state index contributed by atoms with van der Waals surface area (Å²) < 4.78 is 5.50.